The first kappa shape index (κ1) is 18.7. The summed E-state index contributed by atoms with van der Waals surface area (Å²) in [5, 5.41) is 11.0. The minimum atomic E-state index is -0.696. The van der Waals surface area contributed by atoms with E-state index >= 15 is 0 Å². The highest BCUT2D eigenvalue weighted by Gasteiger charge is 2.12. The predicted molar refractivity (Wildman–Crippen MR) is 93.4 cm³/mol. The highest BCUT2D eigenvalue weighted by atomic mass is 79.9. The Morgan fingerprint density at radius 3 is 2.64 bits per heavy atom. The van der Waals surface area contributed by atoms with Gasteiger partial charge < -0.3 is 4.74 Å². The fourth-order valence-electron chi connectivity index (χ4n) is 1.73. The lowest BCUT2D eigenvalue weighted by atomic mass is 10.2. The average Bonchev–Trinajstić information content (AvgIpc) is 2.59. The van der Waals surface area contributed by atoms with Crippen LogP contribution in [0.1, 0.15) is 10.4 Å². The van der Waals surface area contributed by atoms with Crippen molar-refractivity contribution >= 4 is 45.0 Å². The third-order valence-corrected chi connectivity index (χ3v) is 3.68. The van der Waals surface area contributed by atoms with Crippen LogP contribution in [-0.4, -0.2) is 23.3 Å². The molecule has 25 heavy (non-hydrogen) atoms. The Hall–Kier alpha value is -2.65. The summed E-state index contributed by atoms with van der Waals surface area (Å²) in [5.74, 6) is -1.01. The number of halogens is 2. The van der Waals surface area contributed by atoms with Gasteiger partial charge in [-0.15, -0.1) is 0 Å². The van der Waals surface area contributed by atoms with Crippen molar-refractivity contribution in [2.24, 2.45) is 0 Å². The van der Waals surface area contributed by atoms with Crippen LogP contribution >= 0.6 is 27.5 Å². The molecule has 2 aromatic rings. The highest BCUT2D eigenvalue weighted by Crippen LogP contribution is 2.27. The molecule has 0 aliphatic heterocycles. The van der Waals surface area contributed by atoms with Crippen LogP contribution in [0.4, 0.5) is 5.69 Å². The number of non-ortho nitro benzene ring substituents is 1. The Bertz CT molecular complexity index is 831. The van der Waals surface area contributed by atoms with Crippen LogP contribution < -0.4 is 15.6 Å². The molecule has 2 amide bonds. The van der Waals surface area contributed by atoms with Crippen molar-refractivity contribution in [3.05, 3.63) is 67.6 Å². The molecule has 0 aliphatic rings. The monoisotopic (exact) mass is 427 g/mol. The van der Waals surface area contributed by atoms with E-state index in [1.807, 2.05) is 0 Å². The van der Waals surface area contributed by atoms with Gasteiger partial charge in [-0.2, -0.15) is 0 Å². The first-order valence-corrected chi connectivity index (χ1v) is 7.95. The second kappa shape index (κ2) is 8.45. The second-order valence-corrected chi connectivity index (χ2v) is 6.00. The third kappa shape index (κ3) is 5.44. The first-order chi connectivity index (χ1) is 11.9. The van der Waals surface area contributed by atoms with E-state index in [4.69, 9.17) is 16.3 Å². The quantitative estimate of drug-likeness (QED) is 0.562. The van der Waals surface area contributed by atoms with Crippen LogP contribution in [0.2, 0.25) is 5.02 Å². The molecule has 0 radical (unpaired) electrons. The SMILES string of the molecule is O=C(COc1ccc(Br)cc1Cl)NNC(=O)c1cccc([N+](=O)[O-])c1. The van der Waals surface area contributed by atoms with Gasteiger partial charge in [0.1, 0.15) is 5.75 Å². The maximum Gasteiger partial charge on any atom is 0.276 e. The normalized spacial score (nSPS) is 10.0. The molecule has 10 heteroatoms. The number of rotatable bonds is 5. The van der Waals surface area contributed by atoms with E-state index < -0.39 is 16.7 Å². The van der Waals surface area contributed by atoms with Crippen molar-refractivity contribution in [2.45, 2.75) is 0 Å². The van der Waals surface area contributed by atoms with Crippen molar-refractivity contribution < 1.29 is 19.2 Å². The maximum absolute atomic E-state index is 11.9. The maximum atomic E-state index is 11.9. The number of nitro groups is 1. The van der Waals surface area contributed by atoms with Gasteiger partial charge in [0.05, 0.1) is 9.95 Å². The molecule has 130 valence electrons. The van der Waals surface area contributed by atoms with Crippen molar-refractivity contribution in [1.29, 1.82) is 0 Å². The van der Waals surface area contributed by atoms with E-state index in [-0.39, 0.29) is 17.9 Å². The summed E-state index contributed by atoms with van der Waals surface area (Å²) < 4.78 is 6.00. The van der Waals surface area contributed by atoms with Gasteiger partial charge in [-0.3, -0.25) is 30.6 Å². The fourth-order valence-corrected chi connectivity index (χ4v) is 2.46. The standard InChI is InChI=1S/C15H11BrClN3O5/c16-10-4-5-13(12(17)7-10)25-8-14(21)18-19-15(22)9-2-1-3-11(6-9)20(23)24/h1-7H,8H2,(H,18,21)(H,19,22). The van der Waals surface area contributed by atoms with Crippen LogP contribution in [0.3, 0.4) is 0 Å². The number of nitrogens with zero attached hydrogens (tertiary/aromatic N) is 1. The zero-order valence-electron chi connectivity index (χ0n) is 12.5. The largest absolute Gasteiger partial charge is 0.482 e. The van der Waals surface area contributed by atoms with Gasteiger partial charge in [0, 0.05) is 22.2 Å². The molecule has 0 spiro atoms. The minimum absolute atomic E-state index is 0.0337. The van der Waals surface area contributed by atoms with Gasteiger partial charge in [-0.25, -0.2) is 0 Å². The van der Waals surface area contributed by atoms with E-state index in [2.05, 4.69) is 26.8 Å². The summed E-state index contributed by atoms with van der Waals surface area (Å²) in [5.41, 5.74) is 4.09. The number of carbonyl (C=O) groups is 2. The third-order valence-electron chi connectivity index (χ3n) is 2.89. The molecule has 2 aromatic carbocycles. The molecular weight excluding hydrogens is 418 g/mol. The van der Waals surface area contributed by atoms with Crippen LogP contribution in [0.5, 0.6) is 5.75 Å². The molecule has 0 atom stereocenters. The Balaban J connectivity index is 1.86. The molecular formula is C15H11BrClN3O5. The van der Waals surface area contributed by atoms with Gasteiger partial charge in [0.15, 0.2) is 6.61 Å². The topological polar surface area (TPSA) is 111 Å². The lowest BCUT2D eigenvalue weighted by molar-refractivity contribution is -0.384. The Labute approximate surface area is 155 Å². The van der Waals surface area contributed by atoms with Crippen LogP contribution in [0.15, 0.2) is 46.9 Å². The van der Waals surface area contributed by atoms with Crippen molar-refractivity contribution in [1.82, 2.24) is 10.9 Å². The molecule has 0 fully saturated rings. The molecule has 0 bridgehead atoms. The van der Waals surface area contributed by atoms with Crippen LogP contribution in [0, 0.1) is 10.1 Å². The number of ether oxygens (including phenoxy) is 1. The predicted octanol–water partition coefficient (Wildman–Crippen LogP) is 2.85. The fraction of sp³-hybridized carbons (Fsp3) is 0.0667. The second-order valence-electron chi connectivity index (χ2n) is 4.67. The van der Waals surface area contributed by atoms with Crippen molar-refractivity contribution in [3.8, 4) is 5.75 Å². The number of hydrogen-bond donors (Lipinski definition) is 2. The van der Waals surface area contributed by atoms with Gasteiger partial charge in [-0.1, -0.05) is 33.6 Å². The zero-order chi connectivity index (χ0) is 18.4. The summed E-state index contributed by atoms with van der Waals surface area (Å²) in [6, 6.07) is 9.99. The van der Waals surface area contributed by atoms with Gasteiger partial charge in [-0.05, 0) is 24.3 Å². The summed E-state index contributed by atoms with van der Waals surface area (Å²) >= 11 is 9.19. The molecule has 0 heterocycles. The number of carbonyl (C=O) groups excluding carboxylic acids is 2. The lowest BCUT2D eigenvalue weighted by Gasteiger charge is -2.10. The molecule has 2 rings (SSSR count). The number of amides is 2. The van der Waals surface area contributed by atoms with Crippen molar-refractivity contribution in [2.75, 3.05) is 6.61 Å². The minimum Gasteiger partial charge on any atom is -0.482 e. The van der Waals surface area contributed by atoms with E-state index in [0.717, 1.165) is 10.5 Å². The lowest BCUT2D eigenvalue weighted by Crippen LogP contribution is -2.43. The summed E-state index contributed by atoms with van der Waals surface area (Å²) in [4.78, 5) is 33.6. The van der Waals surface area contributed by atoms with E-state index in [1.54, 1.807) is 18.2 Å². The number of hydrogen-bond acceptors (Lipinski definition) is 5. The van der Waals surface area contributed by atoms with Gasteiger partial charge >= 0.3 is 0 Å². The molecule has 0 saturated heterocycles. The van der Waals surface area contributed by atoms with E-state index in [1.165, 1.54) is 18.2 Å². The first-order valence-electron chi connectivity index (χ1n) is 6.78. The summed E-state index contributed by atoms with van der Waals surface area (Å²) in [6.07, 6.45) is 0. The summed E-state index contributed by atoms with van der Waals surface area (Å²) in [7, 11) is 0. The molecule has 0 saturated carbocycles. The Kier molecular flexibility index (Phi) is 6.31. The van der Waals surface area contributed by atoms with Gasteiger partial charge in [0.2, 0.25) is 0 Å². The molecule has 8 nitrogen and oxygen atoms in total. The highest BCUT2D eigenvalue weighted by molar-refractivity contribution is 9.10. The molecule has 0 aliphatic carbocycles. The van der Waals surface area contributed by atoms with Crippen molar-refractivity contribution in [3.63, 3.8) is 0 Å². The van der Waals surface area contributed by atoms with E-state index in [0.29, 0.717) is 10.8 Å². The molecule has 0 unspecified atom stereocenters. The summed E-state index contributed by atoms with van der Waals surface area (Å²) in [6.45, 7) is -0.378. The molecule has 2 N–H and O–H groups in total. The van der Waals surface area contributed by atoms with E-state index in [9.17, 15) is 19.7 Å². The molecule has 0 aromatic heterocycles. The Morgan fingerprint density at radius 2 is 1.96 bits per heavy atom. The van der Waals surface area contributed by atoms with Crippen LogP contribution in [0.25, 0.3) is 0 Å². The number of hydrazine groups is 1. The number of nitrogens with one attached hydrogen (secondary N) is 2. The van der Waals surface area contributed by atoms with Gasteiger partial charge in [0.25, 0.3) is 17.5 Å². The number of nitro benzene ring substituents is 1. The number of benzene rings is 2. The smallest absolute Gasteiger partial charge is 0.276 e. The van der Waals surface area contributed by atoms with Crippen LogP contribution in [-0.2, 0) is 4.79 Å². The zero-order valence-corrected chi connectivity index (χ0v) is 14.8. The average molecular weight is 429 g/mol. The Morgan fingerprint density at radius 1 is 1.20 bits per heavy atom.